The fourth-order valence-electron chi connectivity index (χ4n) is 7.69. The van der Waals surface area contributed by atoms with Crippen molar-refractivity contribution in [3.8, 4) is 34.5 Å². The molecule has 0 saturated carbocycles. The largest absolute Gasteiger partial charge is 0.612 e. The van der Waals surface area contributed by atoms with Gasteiger partial charge in [0.15, 0.2) is 52.3 Å². The van der Waals surface area contributed by atoms with Crippen molar-refractivity contribution in [3.63, 3.8) is 0 Å². The van der Waals surface area contributed by atoms with Gasteiger partial charge in [-0.3, -0.25) is 9.59 Å². The van der Waals surface area contributed by atoms with Crippen LogP contribution in [0.25, 0.3) is 17.2 Å². The van der Waals surface area contributed by atoms with Gasteiger partial charge in [-0.2, -0.15) is 0 Å². The van der Waals surface area contributed by atoms with Gasteiger partial charge < -0.3 is 43.6 Å². The van der Waals surface area contributed by atoms with Crippen LogP contribution in [0, 0.1) is 12.7 Å². The third-order valence-electron chi connectivity index (χ3n) is 10.7. The highest BCUT2D eigenvalue weighted by Crippen LogP contribution is 2.47. The van der Waals surface area contributed by atoms with Gasteiger partial charge in [0.1, 0.15) is 35.7 Å². The molecule has 2 aliphatic heterocycles. The normalized spacial score (nSPS) is 20.5. The van der Waals surface area contributed by atoms with E-state index in [4.69, 9.17) is 23.7 Å². The minimum atomic E-state index is -1.63. The van der Waals surface area contributed by atoms with E-state index in [2.05, 4.69) is 0 Å². The quantitative estimate of drug-likeness (QED) is 0.0982. The molecule has 0 fully saturated rings. The standard InChI is InChI=1S/C46H39FO11S/c1-23-15-35(49)42-39(16-23)58-46(44(52)43(42)51)27-8-14-36-38(19-27)57-45(26-7-13-34(48)37(18-26)54-3)40(56-36)22-55-41(50)21-32-24(2)31(30-12-9-28(47)20-33(30)32)17-25-5-10-29(11-6-25)59(4)53/h5-20,40,44-46,48-49,52H,21-22H2,1-4H3/b31-17-/t40-,44?,45?,46-,59?/m0/s1. The number of ether oxygens (including phenoxy) is 5. The molecule has 0 spiro atoms. The number of hydrogen-bond donors (Lipinski definition) is 3. The van der Waals surface area contributed by atoms with Crippen molar-refractivity contribution in [2.45, 2.75) is 49.6 Å². The topological polar surface area (TPSA) is 164 Å². The van der Waals surface area contributed by atoms with Crippen LogP contribution in [0.4, 0.5) is 4.39 Å². The first-order chi connectivity index (χ1) is 28.3. The van der Waals surface area contributed by atoms with Gasteiger partial charge >= 0.3 is 5.97 Å². The molecule has 8 rings (SSSR count). The first kappa shape index (κ1) is 39.5. The number of hydrogen-bond acceptors (Lipinski definition) is 11. The number of ketones is 1. The molecule has 0 bridgehead atoms. The predicted molar refractivity (Wildman–Crippen MR) is 217 cm³/mol. The molecule has 0 aromatic heterocycles. The van der Waals surface area contributed by atoms with Crippen molar-refractivity contribution in [3.05, 3.63) is 141 Å². The van der Waals surface area contributed by atoms with E-state index in [-0.39, 0.29) is 53.1 Å². The Balaban J connectivity index is 1.05. The van der Waals surface area contributed by atoms with Gasteiger partial charge in [-0.15, -0.1) is 0 Å². The molecule has 0 amide bonds. The van der Waals surface area contributed by atoms with Crippen molar-refractivity contribution in [2.75, 3.05) is 20.0 Å². The smallest absolute Gasteiger partial charge is 0.310 e. The Morgan fingerprint density at radius 3 is 2.32 bits per heavy atom. The summed E-state index contributed by atoms with van der Waals surface area (Å²) in [4.78, 5) is 27.5. The average Bonchev–Trinajstić information content (AvgIpc) is 3.45. The molecule has 3 aliphatic rings. The number of fused-ring (bicyclic) bond motifs is 3. The summed E-state index contributed by atoms with van der Waals surface area (Å²) in [5, 5.41) is 31.8. The monoisotopic (exact) mass is 818 g/mol. The van der Waals surface area contributed by atoms with Crippen LogP contribution in [-0.4, -0.2) is 63.8 Å². The number of Topliss-reactive ketones (excluding diaryl/α,β-unsaturated/α-hetero) is 1. The van der Waals surface area contributed by atoms with E-state index < -0.39 is 53.2 Å². The fourth-order valence-corrected chi connectivity index (χ4v) is 8.21. The second-order valence-electron chi connectivity index (χ2n) is 14.6. The number of carbonyl (C=O) groups excluding carboxylic acids is 2. The van der Waals surface area contributed by atoms with Crippen molar-refractivity contribution in [2.24, 2.45) is 0 Å². The number of aryl methyl sites for hydroxylation is 1. The molecule has 0 saturated heterocycles. The minimum absolute atomic E-state index is 0.0958. The molecule has 5 atom stereocenters. The number of phenolic OH excluding ortho intramolecular Hbond substituents is 2. The molecule has 5 aromatic rings. The van der Waals surface area contributed by atoms with E-state index in [1.54, 1.807) is 67.8 Å². The molecule has 59 heavy (non-hydrogen) atoms. The molecule has 3 unspecified atom stereocenters. The Kier molecular flexibility index (Phi) is 10.6. The molecule has 3 N–H and O–H groups in total. The second kappa shape index (κ2) is 15.8. The van der Waals surface area contributed by atoms with Crippen LogP contribution in [0.15, 0.2) is 101 Å². The lowest BCUT2D eigenvalue weighted by Crippen LogP contribution is -2.38. The molecule has 13 heteroatoms. The summed E-state index contributed by atoms with van der Waals surface area (Å²) < 4.78 is 56.8. The van der Waals surface area contributed by atoms with E-state index in [0.717, 1.165) is 22.3 Å². The number of carbonyl (C=O) groups is 2. The summed E-state index contributed by atoms with van der Waals surface area (Å²) >= 11 is -1.13. The molecule has 5 aromatic carbocycles. The van der Waals surface area contributed by atoms with Gasteiger partial charge in [0.05, 0.1) is 13.5 Å². The summed E-state index contributed by atoms with van der Waals surface area (Å²) in [6.07, 6.45) is -1.18. The van der Waals surface area contributed by atoms with Gasteiger partial charge in [0, 0.05) is 5.56 Å². The number of allylic oxidation sites excluding steroid dienone is 2. The van der Waals surface area contributed by atoms with Crippen LogP contribution in [0.3, 0.4) is 0 Å². The summed E-state index contributed by atoms with van der Waals surface area (Å²) in [5.74, 6) is -1.28. The highest BCUT2D eigenvalue weighted by atomic mass is 32.2. The Morgan fingerprint density at radius 1 is 0.847 bits per heavy atom. The van der Waals surface area contributed by atoms with E-state index >= 15 is 0 Å². The number of methoxy groups -OCH3 is 1. The fraction of sp³-hybridized carbons (Fsp3) is 0.217. The van der Waals surface area contributed by atoms with Crippen LogP contribution in [0.5, 0.6) is 34.5 Å². The van der Waals surface area contributed by atoms with Crippen LogP contribution in [0.2, 0.25) is 0 Å². The van der Waals surface area contributed by atoms with Crippen molar-refractivity contribution in [1.29, 1.82) is 0 Å². The lowest BCUT2D eigenvalue weighted by Gasteiger charge is -2.35. The lowest BCUT2D eigenvalue weighted by atomic mass is 9.92. The maximum Gasteiger partial charge on any atom is 0.310 e. The van der Waals surface area contributed by atoms with Gasteiger partial charge in [0.25, 0.3) is 0 Å². The maximum atomic E-state index is 14.6. The number of rotatable bonds is 9. The molecule has 0 radical (unpaired) electrons. The number of esters is 1. The van der Waals surface area contributed by atoms with Crippen LogP contribution in [-0.2, 0) is 20.7 Å². The zero-order valence-electron chi connectivity index (χ0n) is 32.4. The highest BCUT2D eigenvalue weighted by molar-refractivity contribution is 7.90. The Hall–Kier alpha value is -6.28. The molecular formula is C46H39FO11S. The van der Waals surface area contributed by atoms with Crippen molar-refractivity contribution in [1.82, 2.24) is 0 Å². The SMILES string of the molecule is COc1cc(C2Oc3cc([C@@H]4Oc5cc(C)cc(O)c5C(=O)C4O)ccc3O[C@H]2COC(=O)CC2=C(C)/C(=C/c3ccc([S+](C)[O-])cc3)c3ccc(F)cc32)ccc1O. The summed E-state index contributed by atoms with van der Waals surface area (Å²) in [7, 11) is 1.41. The lowest BCUT2D eigenvalue weighted by molar-refractivity contribution is -0.147. The number of aliphatic hydroxyl groups excluding tert-OH is 1. The minimum Gasteiger partial charge on any atom is -0.612 e. The van der Waals surface area contributed by atoms with Gasteiger partial charge in [-0.1, -0.05) is 18.2 Å². The first-order valence-electron chi connectivity index (χ1n) is 18.7. The molecule has 1 aliphatic carbocycles. The van der Waals surface area contributed by atoms with Crippen LogP contribution >= 0.6 is 0 Å². The predicted octanol–water partition coefficient (Wildman–Crippen LogP) is 7.81. The zero-order chi connectivity index (χ0) is 41.7. The first-order valence-corrected chi connectivity index (χ1v) is 20.2. The van der Waals surface area contributed by atoms with E-state index in [9.17, 15) is 33.9 Å². The van der Waals surface area contributed by atoms with E-state index in [0.29, 0.717) is 32.7 Å². The third-order valence-corrected chi connectivity index (χ3v) is 11.6. The number of aliphatic hydroxyl groups is 1. The van der Waals surface area contributed by atoms with Crippen molar-refractivity contribution < 1.29 is 57.5 Å². The number of phenols is 2. The molecule has 302 valence electrons. The summed E-state index contributed by atoms with van der Waals surface area (Å²) in [5.41, 5.74) is 5.90. The van der Waals surface area contributed by atoms with Crippen LogP contribution in [0.1, 0.15) is 69.3 Å². The van der Waals surface area contributed by atoms with Gasteiger partial charge in [-0.25, -0.2) is 4.39 Å². The zero-order valence-corrected chi connectivity index (χ0v) is 33.2. The third kappa shape index (κ3) is 7.60. The molecule has 2 heterocycles. The highest BCUT2D eigenvalue weighted by Gasteiger charge is 2.41. The van der Waals surface area contributed by atoms with Gasteiger partial charge in [-0.05, 0) is 148 Å². The number of benzene rings is 5. The van der Waals surface area contributed by atoms with Crippen molar-refractivity contribution >= 4 is 40.2 Å². The average molecular weight is 819 g/mol. The second-order valence-corrected chi connectivity index (χ2v) is 16.0. The summed E-state index contributed by atoms with van der Waals surface area (Å²) in [6.45, 7) is 3.35. The number of aromatic hydroxyl groups is 2. The Labute approximate surface area is 342 Å². The van der Waals surface area contributed by atoms with Crippen LogP contribution < -0.4 is 18.9 Å². The van der Waals surface area contributed by atoms with E-state index in [1.807, 2.05) is 25.1 Å². The summed E-state index contributed by atoms with van der Waals surface area (Å²) in [6, 6.07) is 24.2. The Morgan fingerprint density at radius 2 is 1.58 bits per heavy atom. The van der Waals surface area contributed by atoms with E-state index in [1.165, 1.54) is 31.4 Å². The van der Waals surface area contributed by atoms with Gasteiger partial charge in [0.2, 0.25) is 5.78 Å². The molecule has 11 nitrogen and oxygen atoms in total. The molecular weight excluding hydrogens is 780 g/mol. The maximum absolute atomic E-state index is 14.6. The Bertz CT molecular complexity index is 2560. The number of halogens is 1.